The van der Waals surface area contributed by atoms with Gasteiger partial charge in [0.15, 0.2) is 9.84 Å². The molecule has 0 saturated carbocycles. The maximum absolute atomic E-state index is 12.7. The molecule has 0 spiro atoms. The Hall–Kier alpha value is -1.97. The van der Waals surface area contributed by atoms with Crippen LogP contribution < -0.4 is 4.74 Å². The Morgan fingerprint density at radius 1 is 1.28 bits per heavy atom. The fourth-order valence-corrected chi connectivity index (χ4v) is 6.52. The number of thiazole rings is 1. The average Bonchev–Trinajstić information content (AvgIpc) is 3.34. The lowest BCUT2D eigenvalue weighted by molar-refractivity contribution is -0.132. The number of carbonyl (C=O) groups is 1. The Bertz CT molecular complexity index is 981. The minimum absolute atomic E-state index is 0.0752. The molecule has 0 bridgehead atoms. The molecule has 0 aliphatic carbocycles. The van der Waals surface area contributed by atoms with E-state index in [1.54, 1.807) is 7.11 Å². The monoisotopic (exact) mass is 435 g/mol. The van der Waals surface area contributed by atoms with Crippen molar-refractivity contribution >= 4 is 27.1 Å². The zero-order chi connectivity index (χ0) is 20.4. The van der Waals surface area contributed by atoms with Crippen molar-refractivity contribution in [3.05, 3.63) is 35.3 Å². The first-order chi connectivity index (χ1) is 13.9. The van der Waals surface area contributed by atoms with Crippen molar-refractivity contribution in [3.8, 4) is 16.3 Å². The van der Waals surface area contributed by atoms with E-state index in [0.29, 0.717) is 19.5 Å². The van der Waals surface area contributed by atoms with Gasteiger partial charge in [0.1, 0.15) is 10.8 Å². The lowest BCUT2D eigenvalue weighted by Crippen LogP contribution is -2.52. The molecular weight excluding hydrogens is 410 g/mol. The van der Waals surface area contributed by atoms with Gasteiger partial charge in [-0.2, -0.15) is 0 Å². The number of sulfone groups is 1. The number of aromatic nitrogens is 1. The molecule has 2 fully saturated rings. The topological polar surface area (TPSA) is 79.8 Å². The van der Waals surface area contributed by atoms with E-state index in [-0.39, 0.29) is 29.9 Å². The number of ether oxygens (including phenoxy) is 1. The molecule has 1 aromatic carbocycles. The fraction of sp³-hybridized carbons (Fsp3) is 0.500. The van der Waals surface area contributed by atoms with E-state index < -0.39 is 9.84 Å². The molecule has 0 radical (unpaired) electrons. The van der Waals surface area contributed by atoms with E-state index in [1.807, 2.05) is 34.5 Å². The van der Waals surface area contributed by atoms with Gasteiger partial charge in [0.2, 0.25) is 5.91 Å². The van der Waals surface area contributed by atoms with Crippen LogP contribution in [0.5, 0.6) is 5.75 Å². The van der Waals surface area contributed by atoms with E-state index in [2.05, 4.69) is 9.88 Å². The number of hydrogen-bond acceptors (Lipinski definition) is 7. The van der Waals surface area contributed by atoms with E-state index in [4.69, 9.17) is 4.74 Å². The second-order valence-electron chi connectivity index (χ2n) is 7.53. The minimum Gasteiger partial charge on any atom is -0.497 e. The zero-order valence-corrected chi connectivity index (χ0v) is 18.0. The maximum atomic E-state index is 12.7. The van der Waals surface area contributed by atoms with Gasteiger partial charge in [-0.15, -0.1) is 11.3 Å². The number of nitrogens with zero attached hydrogens (tertiary/aromatic N) is 3. The van der Waals surface area contributed by atoms with Crippen molar-refractivity contribution in [2.45, 2.75) is 18.9 Å². The van der Waals surface area contributed by atoms with Crippen molar-refractivity contribution in [2.75, 3.05) is 44.8 Å². The summed E-state index contributed by atoms with van der Waals surface area (Å²) in [7, 11) is -1.24. The van der Waals surface area contributed by atoms with Crippen LogP contribution in [0.2, 0.25) is 0 Å². The van der Waals surface area contributed by atoms with Gasteiger partial charge in [0.05, 0.1) is 30.7 Å². The number of piperazine rings is 1. The highest BCUT2D eigenvalue weighted by molar-refractivity contribution is 7.91. The van der Waals surface area contributed by atoms with Gasteiger partial charge >= 0.3 is 0 Å². The normalized spacial score (nSPS) is 22.0. The summed E-state index contributed by atoms with van der Waals surface area (Å²) < 4.78 is 28.7. The third-order valence-corrected chi connectivity index (χ3v) is 8.28. The lowest BCUT2D eigenvalue weighted by Gasteiger charge is -2.37. The Labute approximate surface area is 175 Å². The molecule has 2 saturated heterocycles. The summed E-state index contributed by atoms with van der Waals surface area (Å²) in [6, 6.07) is 7.85. The Balaban J connectivity index is 1.32. The van der Waals surface area contributed by atoms with Gasteiger partial charge in [-0.3, -0.25) is 9.69 Å². The Morgan fingerprint density at radius 2 is 2.07 bits per heavy atom. The van der Waals surface area contributed by atoms with Crippen LogP contribution in [0.1, 0.15) is 12.1 Å². The van der Waals surface area contributed by atoms with E-state index in [9.17, 15) is 13.2 Å². The molecule has 3 heterocycles. The average molecular weight is 436 g/mol. The number of benzene rings is 1. The molecule has 1 unspecified atom stereocenters. The molecule has 1 atom stereocenters. The van der Waals surface area contributed by atoms with Gasteiger partial charge < -0.3 is 9.64 Å². The maximum Gasteiger partial charge on any atom is 0.228 e. The van der Waals surface area contributed by atoms with Gasteiger partial charge in [0.25, 0.3) is 0 Å². The third kappa shape index (κ3) is 4.79. The molecule has 0 N–H and O–H groups in total. The molecule has 4 rings (SSSR count). The van der Waals surface area contributed by atoms with Crippen LogP contribution in [0.4, 0.5) is 0 Å². The highest BCUT2D eigenvalue weighted by Gasteiger charge is 2.34. The van der Waals surface area contributed by atoms with Crippen molar-refractivity contribution in [1.82, 2.24) is 14.8 Å². The highest BCUT2D eigenvalue weighted by atomic mass is 32.2. The number of methoxy groups -OCH3 is 1. The molecule has 1 amide bonds. The zero-order valence-electron chi connectivity index (χ0n) is 16.4. The van der Waals surface area contributed by atoms with Crippen LogP contribution in [0.25, 0.3) is 10.6 Å². The lowest BCUT2D eigenvalue weighted by atomic mass is 10.2. The summed E-state index contributed by atoms with van der Waals surface area (Å²) in [6.45, 7) is 2.75. The molecule has 2 aromatic rings. The third-order valence-electron chi connectivity index (χ3n) is 5.59. The molecule has 1 aromatic heterocycles. The van der Waals surface area contributed by atoms with Crippen LogP contribution >= 0.6 is 11.3 Å². The van der Waals surface area contributed by atoms with Crippen LogP contribution in [-0.2, 0) is 21.1 Å². The molecule has 2 aliphatic rings. The quantitative estimate of drug-likeness (QED) is 0.711. The smallest absolute Gasteiger partial charge is 0.228 e. The van der Waals surface area contributed by atoms with Crippen molar-refractivity contribution in [1.29, 1.82) is 0 Å². The van der Waals surface area contributed by atoms with Gasteiger partial charge in [0, 0.05) is 43.2 Å². The van der Waals surface area contributed by atoms with Crippen LogP contribution in [-0.4, -0.2) is 79.9 Å². The highest BCUT2D eigenvalue weighted by Crippen LogP contribution is 2.27. The molecule has 9 heteroatoms. The summed E-state index contributed by atoms with van der Waals surface area (Å²) in [5.74, 6) is 1.40. The Kier molecular flexibility index (Phi) is 5.89. The Morgan fingerprint density at radius 3 is 2.76 bits per heavy atom. The molecule has 29 heavy (non-hydrogen) atoms. The van der Waals surface area contributed by atoms with Gasteiger partial charge in [-0.25, -0.2) is 13.4 Å². The fourth-order valence-electron chi connectivity index (χ4n) is 3.94. The predicted octanol–water partition coefficient (Wildman–Crippen LogP) is 1.69. The van der Waals surface area contributed by atoms with E-state index >= 15 is 0 Å². The summed E-state index contributed by atoms with van der Waals surface area (Å²) in [5.41, 5.74) is 1.76. The van der Waals surface area contributed by atoms with Crippen LogP contribution in [0, 0.1) is 0 Å². The predicted molar refractivity (Wildman–Crippen MR) is 113 cm³/mol. The molecule has 156 valence electrons. The first-order valence-electron chi connectivity index (χ1n) is 9.74. The number of amides is 1. The first-order valence-corrected chi connectivity index (χ1v) is 12.4. The number of rotatable bonds is 5. The van der Waals surface area contributed by atoms with Crippen LogP contribution in [0.3, 0.4) is 0 Å². The number of carbonyl (C=O) groups excluding carboxylic acids is 1. The summed E-state index contributed by atoms with van der Waals surface area (Å²) in [6.07, 6.45) is 1.00. The number of hydrogen-bond donors (Lipinski definition) is 0. The summed E-state index contributed by atoms with van der Waals surface area (Å²) in [4.78, 5) is 21.4. The second kappa shape index (κ2) is 8.41. The SMILES string of the molecule is COc1cccc(-c2nc(CC(=O)N3CCN(C4CCS(=O)(=O)C4)CC3)cs2)c1. The molecule has 2 aliphatic heterocycles. The van der Waals surface area contributed by atoms with E-state index in [0.717, 1.165) is 35.1 Å². The van der Waals surface area contributed by atoms with Crippen molar-refractivity contribution < 1.29 is 17.9 Å². The summed E-state index contributed by atoms with van der Waals surface area (Å²) >= 11 is 1.52. The standard InChI is InChI=1S/C20H25N3O4S2/c1-27-18-4-2-3-15(11-18)20-21-16(13-28-20)12-19(24)23-8-6-22(7-9-23)17-5-10-29(25,26)14-17/h2-4,11,13,17H,5-10,12,14H2,1H3. The minimum atomic E-state index is -2.88. The van der Waals surface area contributed by atoms with Gasteiger partial charge in [-0.1, -0.05) is 12.1 Å². The van der Waals surface area contributed by atoms with Crippen LogP contribution in [0.15, 0.2) is 29.6 Å². The second-order valence-corrected chi connectivity index (χ2v) is 10.6. The van der Waals surface area contributed by atoms with E-state index in [1.165, 1.54) is 11.3 Å². The van der Waals surface area contributed by atoms with Gasteiger partial charge in [-0.05, 0) is 18.6 Å². The first kappa shape index (κ1) is 20.3. The summed E-state index contributed by atoms with van der Waals surface area (Å²) in [5, 5.41) is 2.81. The van der Waals surface area contributed by atoms with Crippen molar-refractivity contribution in [3.63, 3.8) is 0 Å². The molecule has 7 nitrogen and oxygen atoms in total. The van der Waals surface area contributed by atoms with Crippen molar-refractivity contribution in [2.24, 2.45) is 0 Å². The largest absolute Gasteiger partial charge is 0.497 e. The molecular formula is C20H25N3O4S2.